The van der Waals surface area contributed by atoms with Crippen molar-refractivity contribution in [3.05, 3.63) is 0 Å². The SMILES string of the molecule is CC(C)[C@H]1CSC(=NCC(C)(C)N(C)C)N1. The lowest BCUT2D eigenvalue weighted by atomic mass is 10.1. The maximum Gasteiger partial charge on any atom is 0.156 e. The minimum atomic E-state index is 0.130. The van der Waals surface area contributed by atoms with Crippen LogP contribution in [0.3, 0.4) is 0 Å². The summed E-state index contributed by atoms with van der Waals surface area (Å²) in [4.78, 5) is 6.89. The molecule has 4 heteroatoms. The lowest BCUT2D eigenvalue weighted by Crippen LogP contribution is -2.41. The van der Waals surface area contributed by atoms with Crippen LogP contribution in [0.4, 0.5) is 0 Å². The average molecular weight is 243 g/mol. The summed E-state index contributed by atoms with van der Waals surface area (Å²) in [5.74, 6) is 1.83. The van der Waals surface area contributed by atoms with Gasteiger partial charge in [-0.25, -0.2) is 0 Å². The van der Waals surface area contributed by atoms with Gasteiger partial charge < -0.3 is 10.2 Å². The van der Waals surface area contributed by atoms with Crippen LogP contribution in [0.5, 0.6) is 0 Å². The zero-order chi connectivity index (χ0) is 12.3. The predicted molar refractivity (Wildman–Crippen MR) is 74.3 cm³/mol. The summed E-state index contributed by atoms with van der Waals surface area (Å²) in [5.41, 5.74) is 0.130. The molecule has 0 aliphatic carbocycles. The normalized spacial score (nSPS) is 24.5. The lowest BCUT2D eigenvalue weighted by molar-refractivity contribution is 0.205. The third kappa shape index (κ3) is 3.67. The largest absolute Gasteiger partial charge is 0.361 e. The Labute approximate surface area is 104 Å². The van der Waals surface area contributed by atoms with Gasteiger partial charge in [-0.1, -0.05) is 25.6 Å². The van der Waals surface area contributed by atoms with Gasteiger partial charge in [0.15, 0.2) is 5.17 Å². The molecule has 1 rings (SSSR count). The van der Waals surface area contributed by atoms with Gasteiger partial charge in [0.05, 0.1) is 6.54 Å². The van der Waals surface area contributed by atoms with Crippen LogP contribution >= 0.6 is 11.8 Å². The summed E-state index contributed by atoms with van der Waals surface area (Å²) >= 11 is 1.85. The number of amidine groups is 1. The number of nitrogens with one attached hydrogen (secondary N) is 1. The maximum atomic E-state index is 4.68. The third-order valence-corrected chi connectivity index (χ3v) is 4.38. The van der Waals surface area contributed by atoms with Crippen LogP contribution in [0.1, 0.15) is 27.7 Å². The van der Waals surface area contributed by atoms with Crippen LogP contribution in [0, 0.1) is 5.92 Å². The highest BCUT2D eigenvalue weighted by Gasteiger charge is 2.24. The molecule has 0 aromatic heterocycles. The molecule has 0 spiro atoms. The topological polar surface area (TPSA) is 27.6 Å². The van der Waals surface area contributed by atoms with Gasteiger partial charge in [0.2, 0.25) is 0 Å². The highest BCUT2D eigenvalue weighted by molar-refractivity contribution is 8.14. The van der Waals surface area contributed by atoms with Crippen molar-refractivity contribution in [2.24, 2.45) is 10.9 Å². The Morgan fingerprint density at radius 2 is 2.12 bits per heavy atom. The number of rotatable bonds is 4. The molecule has 0 aromatic carbocycles. The molecule has 1 heterocycles. The predicted octanol–water partition coefficient (Wildman–Crippen LogP) is 2.04. The standard InChI is InChI=1S/C12H25N3S/c1-9(2)10-7-16-11(14-10)13-8-12(3,4)15(5)6/h9-10H,7-8H2,1-6H3,(H,13,14)/t10-/m1/s1. The van der Waals surface area contributed by atoms with Gasteiger partial charge in [0.25, 0.3) is 0 Å². The first-order valence-corrected chi connectivity index (χ1v) is 6.92. The molecule has 1 N–H and O–H groups in total. The van der Waals surface area contributed by atoms with Crippen molar-refractivity contribution in [2.75, 3.05) is 26.4 Å². The molecular weight excluding hydrogens is 218 g/mol. The number of likely N-dealkylation sites (N-methyl/N-ethyl adjacent to an activating group) is 1. The van der Waals surface area contributed by atoms with E-state index in [4.69, 9.17) is 0 Å². The molecular formula is C12H25N3S. The van der Waals surface area contributed by atoms with Crippen molar-refractivity contribution >= 4 is 16.9 Å². The summed E-state index contributed by atoms with van der Waals surface area (Å²) in [6.45, 7) is 9.79. The van der Waals surface area contributed by atoms with Gasteiger partial charge in [-0.3, -0.25) is 4.99 Å². The van der Waals surface area contributed by atoms with E-state index in [-0.39, 0.29) is 5.54 Å². The molecule has 0 bridgehead atoms. The van der Waals surface area contributed by atoms with Gasteiger partial charge in [-0.05, 0) is 33.9 Å². The van der Waals surface area contributed by atoms with E-state index in [9.17, 15) is 0 Å². The van der Waals surface area contributed by atoms with Crippen molar-refractivity contribution in [3.63, 3.8) is 0 Å². The molecule has 3 nitrogen and oxygen atoms in total. The summed E-state index contributed by atoms with van der Waals surface area (Å²) in [5, 5.41) is 4.62. The Balaban J connectivity index is 2.48. The van der Waals surface area contributed by atoms with Gasteiger partial charge in [0.1, 0.15) is 0 Å². The van der Waals surface area contributed by atoms with E-state index in [2.05, 4.69) is 57.0 Å². The first kappa shape index (κ1) is 13.8. The van der Waals surface area contributed by atoms with Gasteiger partial charge in [0, 0.05) is 17.3 Å². The van der Waals surface area contributed by atoms with E-state index in [0.717, 1.165) is 17.5 Å². The average Bonchev–Trinajstić information content (AvgIpc) is 2.63. The number of nitrogens with zero attached hydrogens (tertiary/aromatic N) is 2. The van der Waals surface area contributed by atoms with Crippen LogP contribution < -0.4 is 5.32 Å². The molecule has 0 radical (unpaired) electrons. The molecule has 0 unspecified atom stereocenters. The summed E-state index contributed by atoms with van der Waals surface area (Å²) in [6.07, 6.45) is 0. The quantitative estimate of drug-likeness (QED) is 0.819. The van der Waals surface area contributed by atoms with Crippen LogP contribution in [0.25, 0.3) is 0 Å². The van der Waals surface area contributed by atoms with E-state index in [1.807, 2.05) is 11.8 Å². The minimum Gasteiger partial charge on any atom is -0.361 e. The molecule has 1 atom stereocenters. The summed E-state index contributed by atoms with van der Waals surface area (Å²) in [6, 6.07) is 0.589. The van der Waals surface area contributed by atoms with Crippen molar-refractivity contribution < 1.29 is 0 Å². The smallest absolute Gasteiger partial charge is 0.156 e. The fourth-order valence-corrected chi connectivity index (χ4v) is 2.46. The second kappa shape index (κ2) is 5.41. The Morgan fingerprint density at radius 3 is 2.56 bits per heavy atom. The number of hydrogen-bond donors (Lipinski definition) is 1. The van der Waals surface area contributed by atoms with E-state index in [1.165, 1.54) is 0 Å². The van der Waals surface area contributed by atoms with Gasteiger partial charge in [-0.15, -0.1) is 0 Å². The Hall–Kier alpha value is -0.220. The molecule has 0 amide bonds. The molecule has 0 saturated carbocycles. The van der Waals surface area contributed by atoms with Crippen LogP contribution in [0.2, 0.25) is 0 Å². The van der Waals surface area contributed by atoms with Crippen LogP contribution in [0.15, 0.2) is 4.99 Å². The zero-order valence-corrected chi connectivity index (χ0v) is 12.2. The highest BCUT2D eigenvalue weighted by atomic mass is 32.2. The van der Waals surface area contributed by atoms with E-state index in [0.29, 0.717) is 12.0 Å². The second-order valence-electron chi connectivity index (χ2n) is 5.63. The van der Waals surface area contributed by atoms with E-state index in [1.54, 1.807) is 0 Å². The van der Waals surface area contributed by atoms with Crippen LogP contribution in [-0.4, -0.2) is 48.0 Å². The Morgan fingerprint density at radius 1 is 1.50 bits per heavy atom. The minimum absolute atomic E-state index is 0.130. The van der Waals surface area contributed by atoms with E-state index < -0.39 is 0 Å². The monoisotopic (exact) mass is 243 g/mol. The molecule has 0 aromatic rings. The second-order valence-corrected chi connectivity index (χ2v) is 6.64. The maximum absolute atomic E-state index is 4.68. The summed E-state index contributed by atoms with van der Waals surface area (Å²) in [7, 11) is 4.21. The molecule has 1 saturated heterocycles. The summed E-state index contributed by atoms with van der Waals surface area (Å²) < 4.78 is 0. The Bertz CT molecular complexity index is 259. The first-order chi connectivity index (χ1) is 7.33. The fraction of sp³-hybridized carbons (Fsp3) is 0.917. The lowest BCUT2D eigenvalue weighted by Gasteiger charge is -2.30. The Kier molecular flexibility index (Phi) is 4.68. The first-order valence-electron chi connectivity index (χ1n) is 5.94. The molecule has 94 valence electrons. The van der Waals surface area contributed by atoms with E-state index >= 15 is 0 Å². The van der Waals surface area contributed by atoms with Crippen molar-refractivity contribution in [3.8, 4) is 0 Å². The number of thioether (sulfide) groups is 1. The van der Waals surface area contributed by atoms with Crippen molar-refractivity contribution in [1.29, 1.82) is 0 Å². The van der Waals surface area contributed by atoms with Gasteiger partial charge in [-0.2, -0.15) is 0 Å². The van der Waals surface area contributed by atoms with Gasteiger partial charge >= 0.3 is 0 Å². The third-order valence-electron chi connectivity index (χ3n) is 3.33. The molecule has 1 fully saturated rings. The molecule has 16 heavy (non-hydrogen) atoms. The van der Waals surface area contributed by atoms with Crippen molar-refractivity contribution in [1.82, 2.24) is 10.2 Å². The number of hydrogen-bond acceptors (Lipinski definition) is 3. The fourth-order valence-electron chi connectivity index (χ4n) is 1.27. The van der Waals surface area contributed by atoms with Crippen molar-refractivity contribution in [2.45, 2.75) is 39.3 Å². The highest BCUT2D eigenvalue weighted by Crippen LogP contribution is 2.20. The molecule has 1 aliphatic heterocycles. The number of aliphatic imine (C=N–C) groups is 1. The molecule has 1 aliphatic rings. The van der Waals surface area contributed by atoms with Crippen LogP contribution in [-0.2, 0) is 0 Å². The zero-order valence-electron chi connectivity index (χ0n) is 11.4.